The van der Waals surface area contributed by atoms with Crippen LogP contribution in [-0.4, -0.2) is 32.3 Å². The molecule has 0 fully saturated rings. The molecule has 0 bridgehead atoms. The molecule has 0 saturated heterocycles. The van der Waals surface area contributed by atoms with Gasteiger partial charge in [-0.3, -0.25) is 0 Å². The SMILES string of the molecule is COCCOC(=O)C1=C(C)NC(=O)N[C@@H]1c1ccc(C)cc1. The Labute approximate surface area is 129 Å². The number of ether oxygens (including phenoxy) is 2. The van der Waals surface area contributed by atoms with Crippen LogP contribution in [0.2, 0.25) is 0 Å². The van der Waals surface area contributed by atoms with Crippen molar-refractivity contribution in [3.05, 3.63) is 46.7 Å². The molecule has 6 heteroatoms. The van der Waals surface area contributed by atoms with Gasteiger partial charge in [0.15, 0.2) is 0 Å². The summed E-state index contributed by atoms with van der Waals surface area (Å²) in [5.41, 5.74) is 2.84. The Morgan fingerprint density at radius 1 is 1.18 bits per heavy atom. The number of nitrogens with one attached hydrogen (secondary N) is 2. The molecule has 2 rings (SSSR count). The van der Waals surface area contributed by atoms with Crippen LogP contribution in [0, 0.1) is 6.92 Å². The van der Waals surface area contributed by atoms with Crippen LogP contribution in [0.3, 0.4) is 0 Å². The predicted octanol–water partition coefficient (Wildman–Crippen LogP) is 1.81. The third-order valence-corrected chi connectivity index (χ3v) is 3.42. The molecular weight excluding hydrogens is 284 g/mol. The van der Waals surface area contributed by atoms with Gasteiger partial charge in [0.2, 0.25) is 0 Å². The maximum absolute atomic E-state index is 12.3. The van der Waals surface area contributed by atoms with Crippen molar-refractivity contribution in [2.75, 3.05) is 20.3 Å². The molecule has 0 unspecified atom stereocenters. The minimum Gasteiger partial charge on any atom is -0.460 e. The highest BCUT2D eigenvalue weighted by Gasteiger charge is 2.32. The van der Waals surface area contributed by atoms with Gasteiger partial charge in [-0.2, -0.15) is 0 Å². The van der Waals surface area contributed by atoms with Crippen molar-refractivity contribution >= 4 is 12.0 Å². The summed E-state index contributed by atoms with van der Waals surface area (Å²) in [6.07, 6.45) is 0. The highest BCUT2D eigenvalue weighted by Crippen LogP contribution is 2.27. The smallest absolute Gasteiger partial charge is 0.338 e. The standard InChI is InChI=1S/C16H20N2O4/c1-10-4-6-12(7-5-10)14-13(11(2)17-16(20)18-14)15(19)22-9-8-21-3/h4-7,14H,8-9H2,1-3H3,(H2,17,18,20)/t14-/m1/s1. The van der Waals surface area contributed by atoms with E-state index in [1.54, 1.807) is 6.92 Å². The second-order valence-electron chi connectivity index (χ2n) is 5.11. The number of hydrogen-bond acceptors (Lipinski definition) is 4. The Bertz CT molecular complexity index is 593. The molecule has 22 heavy (non-hydrogen) atoms. The van der Waals surface area contributed by atoms with E-state index in [9.17, 15) is 9.59 Å². The van der Waals surface area contributed by atoms with E-state index in [4.69, 9.17) is 9.47 Å². The highest BCUT2D eigenvalue weighted by molar-refractivity contribution is 5.95. The van der Waals surface area contributed by atoms with Crippen LogP contribution < -0.4 is 10.6 Å². The maximum atomic E-state index is 12.3. The predicted molar refractivity (Wildman–Crippen MR) is 81.1 cm³/mol. The number of urea groups is 1. The van der Waals surface area contributed by atoms with Crippen LogP contribution in [0.25, 0.3) is 0 Å². The lowest BCUT2D eigenvalue weighted by molar-refractivity contribution is -0.140. The third-order valence-electron chi connectivity index (χ3n) is 3.42. The molecule has 1 atom stereocenters. The second-order valence-corrected chi connectivity index (χ2v) is 5.11. The Morgan fingerprint density at radius 3 is 2.50 bits per heavy atom. The molecule has 0 saturated carbocycles. The lowest BCUT2D eigenvalue weighted by Crippen LogP contribution is -2.45. The van der Waals surface area contributed by atoms with Crippen molar-refractivity contribution in [3.8, 4) is 0 Å². The molecular formula is C16H20N2O4. The Balaban J connectivity index is 2.28. The number of esters is 1. The zero-order valence-electron chi connectivity index (χ0n) is 12.9. The van der Waals surface area contributed by atoms with Crippen molar-refractivity contribution in [3.63, 3.8) is 0 Å². The number of benzene rings is 1. The van der Waals surface area contributed by atoms with E-state index in [-0.39, 0.29) is 12.6 Å². The van der Waals surface area contributed by atoms with Crippen molar-refractivity contribution in [2.24, 2.45) is 0 Å². The molecule has 1 aromatic carbocycles. The molecule has 1 heterocycles. The average molecular weight is 304 g/mol. The van der Waals surface area contributed by atoms with Crippen LogP contribution >= 0.6 is 0 Å². The summed E-state index contributed by atoms with van der Waals surface area (Å²) in [5, 5.41) is 5.37. The summed E-state index contributed by atoms with van der Waals surface area (Å²) >= 11 is 0. The van der Waals surface area contributed by atoms with Gasteiger partial charge in [0.05, 0.1) is 18.2 Å². The number of carbonyl (C=O) groups excluding carboxylic acids is 2. The molecule has 1 aliphatic heterocycles. The van der Waals surface area contributed by atoms with Gasteiger partial charge in [-0.25, -0.2) is 9.59 Å². The first-order chi connectivity index (χ1) is 10.5. The van der Waals surface area contributed by atoms with Crippen molar-refractivity contribution in [2.45, 2.75) is 19.9 Å². The van der Waals surface area contributed by atoms with Gasteiger partial charge in [0, 0.05) is 12.8 Å². The van der Waals surface area contributed by atoms with Gasteiger partial charge in [-0.1, -0.05) is 29.8 Å². The summed E-state index contributed by atoms with van der Waals surface area (Å²) < 4.78 is 10.1. The number of carbonyl (C=O) groups is 2. The van der Waals surface area contributed by atoms with Crippen LogP contribution in [-0.2, 0) is 14.3 Å². The van der Waals surface area contributed by atoms with Crippen LogP contribution in [0.5, 0.6) is 0 Å². The first kappa shape index (κ1) is 16.0. The Morgan fingerprint density at radius 2 is 1.86 bits per heavy atom. The molecule has 0 aromatic heterocycles. The lowest BCUT2D eigenvalue weighted by Gasteiger charge is -2.28. The average Bonchev–Trinajstić information content (AvgIpc) is 2.47. The fourth-order valence-corrected chi connectivity index (χ4v) is 2.27. The monoisotopic (exact) mass is 304 g/mol. The van der Waals surface area contributed by atoms with E-state index in [0.717, 1.165) is 11.1 Å². The Kier molecular flexibility index (Phi) is 5.16. The normalized spacial score (nSPS) is 17.8. The molecule has 2 amide bonds. The minimum absolute atomic E-state index is 0.167. The minimum atomic E-state index is -0.524. The van der Waals surface area contributed by atoms with Gasteiger partial charge >= 0.3 is 12.0 Å². The van der Waals surface area contributed by atoms with Crippen LogP contribution in [0.15, 0.2) is 35.5 Å². The fourth-order valence-electron chi connectivity index (χ4n) is 2.27. The molecule has 2 N–H and O–H groups in total. The molecule has 0 aliphatic carbocycles. The summed E-state index contributed by atoms with van der Waals surface area (Å²) in [6.45, 7) is 4.16. The molecule has 1 aliphatic rings. The van der Waals surface area contributed by atoms with Crippen molar-refractivity contribution < 1.29 is 19.1 Å². The summed E-state index contributed by atoms with van der Waals surface area (Å²) in [4.78, 5) is 24.0. The lowest BCUT2D eigenvalue weighted by atomic mass is 9.95. The first-order valence-corrected chi connectivity index (χ1v) is 7.04. The number of allylic oxidation sites excluding steroid dienone is 1. The maximum Gasteiger partial charge on any atom is 0.338 e. The zero-order chi connectivity index (χ0) is 16.1. The topological polar surface area (TPSA) is 76.7 Å². The van der Waals surface area contributed by atoms with E-state index in [2.05, 4.69) is 10.6 Å². The second kappa shape index (κ2) is 7.09. The number of aryl methyl sites for hydroxylation is 1. The van der Waals surface area contributed by atoms with E-state index < -0.39 is 12.0 Å². The molecule has 1 aromatic rings. The van der Waals surface area contributed by atoms with Crippen LogP contribution in [0.1, 0.15) is 24.1 Å². The quantitative estimate of drug-likeness (QED) is 0.642. The summed E-state index contributed by atoms with van der Waals surface area (Å²) in [7, 11) is 1.54. The number of methoxy groups -OCH3 is 1. The van der Waals surface area contributed by atoms with Crippen molar-refractivity contribution in [1.29, 1.82) is 0 Å². The van der Waals surface area contributed by atoms with Gasteiger partial charge in [0.25, 0.3) is 0 Å². The van der Waals surface area contributed by atoms with Gasteiger partial charge < -0.3 is 20.1 Å². The van der Waals surface area contributed by atoms with E-state index in [0.29, 0.717) is 17.9 Å². The molecule has 118 valence electrons. The van der Waals surface area contributed by atoms with Crippen LogP contribution in [0.4, 0.5) is 4.79 Å². The highest BCUT2D eigenvalue weighted by atomic mass is 16.6. The zero-order valence-corrected chi connectivity index (χ0v) is 12.9. The van der Waals surface area contributed by atoms with Crippen molar-refractivity contribution in [1.82, 2.24) is 10.6 Å². The van der Waals surface area contributed by atoms with E-state index >= 15 is 0 Å². The molecule has 6 nitrogen and oxygen atoms in total. The van der Waals surface area contributed by atoms with Gasteiger partial charge in [-0.05, 0) is 19.4 Å². The Hall–Kier alpha value is -2.34. The summed E-state index contributed by atoms with van der Waals surface area (Å²) in [5.74, 6) is -0.465. The van der Waals surface area contributed by atoms with Gasteiger partial charge in [0.1, 0.15) is 6.61 Å². The number of amides is 2. The van der Waals surface area contributed by atoms with Gasteiger partial charge in [-0.15, -0.1) is 0 Å². The fraction of sp³-hybridized carbons (Fsp3) is 0.375. The third kappa shape index (κ3) is 3.65. The van der Waals surface area contributed by atoms with E-state index in [1.165, 1.54) is 7.11 Å². The summed E-state index contributed by atoms with van der Waals surface area (Å²) in [6, 6.07) is 6.79. The largest absolute Gasteiger partial charge is 0.460 e. The molecule has 0 radical (unpaired) electrons. The van der Waals surface area contributed by atoms with E-state index in [1.807, 2.05) is 31.2 Å². The number of hydrogen-bond donors (Lipinski definition) is 2. The first-order valence-electron chi connectivity index (χ1n) is 7.04. The number of rotatable bonds is 5. The molecule has 0 spiro atoms.